The molecule has 68 valence electrons. The second-order valence-electron chi connectivity index (χ2n) is 2.77. The molecule has 0 saturated carbocycles. The number of aromatic nitrogens is 1. The maximum Gasteiger partial charge on any atom is 0.152 e. The molecule has 2 N–H and O–H groups in total. The smallest absolute Gasteiger partial charge is 0.152 e. The number of nitrogens with two attached hydrogens (primary N) is 1. The Labute approximate surface area is 84.1 Å². The number of hydrogen-bond donors (Lipinski definition) is 1. The molecule has 0 aliphatic carbocycles. The lowest BCUT2D eigenvalue weighted by atomic mass is 10.3. The van der Waals surface area contributed by atoms with Gasteiger partial charge in [-0.1, -0.05) is 0 Å². The number of halogens is 1. The summed E-state index contributed by atoms with van der Waals surface area (Å²) in [7, 11) is 0. The Bertz CT molecular complexity index is 424. The van der Waals surface area contributed by atoms with Crippen LogP contribution in [0.3, 0.4) is 0 Å². The molecule has 0 aromatic carbocycles. The van der Waals surface area contributed by atoms with Gasteiger partial charge in [0.05, 0.1) is 0 Å². The van der Waals surface area contributed by atoms with E-state index in [0.29, 0.717) is 6.54 Å². The summed E-state index contributed by atoms with van der Waals surface area (Å²) in [4.78, 5) is 4.26. The Kier molecular flexibility index (Phi) is 2.33. The van der Waals surface area contributed by atoms with Crippen molar-refractivity contribution in [2.24, 2.45) is 5.73 Å². The van der Waals surface area contributed by atoms with Crippen molar-refractivity contribution < 1.29 is 4.42 Å². The Morgan fingerprint density at radius 2 is 2.31 bits per heavy atom. The van der Waals surface area contributed by atoms with Crippen LogP contribution in [-0.4, -0.2) is 11.5 Å². The first-order chi connectivity index (χ1) is 6.29. The molecule has 2 aromatic heterocycles. The van der Waals surface area contributed by atoms with E-state index in [4.69, 9.17) is 10.2 Å². The van der Waals surface area contributed by atoms with Gasteiger partial charge in [-0.2, -0.15) is 0 Å². The summed E-state index contributed by atoms with van der Waals surface area (Å²) < 4.78 is 6.32. The van der Waals surface area contributed by atoms with Crippen LogP contribution >= 0.6 is 15.9 Å². The van der Waals surface area contributed by atoms with Gasteiger partial charge in [0.25, 0.3) is 0 Å². The molecule has 0 fully saturated rings. The average molecular weight is 241 g/mol. The molecule has 0 aliphatic heterocycles. The lowest BCUT2D eigenvalue weighted by Gasteiger charge is -1.88. The number of furan rings is 1. The summed E-state index contributed by atoms with van der Waals surface area (Å²) in [6.07, 6.45) is 0.758. The third kappa shape index (κ3) is 1.73. The second-order valence-corrected chi connectivity index (χ2v) is 3.58. The molecule has 0 bridgehead atoms. The highest BCUT2D eigenvalue weighted by Gasteiger charge is 2.03. The van der Waals surface area contributed by atoms with Crippen molar-refractivity contribution in [1.82, 2.24) is 4.98 Å². The number of pyridine rings is 1. The molecule has 13 heavy (non-hydrogen) atoms. The van der Waals surface area contributed by atoms with Gasteiger partial charge in [-0.15, -0.1) is 0 Å². The SMILES string of the molecule is NCCc1cc2nc(Br)ccc2o1. The molecule has 3 nitrogen and oxygen atoms in total. The third-order valence-corrected chi connectivity index (χ3v) is 2.22. The van der Waals surface area contributed by atoms with Crippen LogP contribution in [0.1, 0.15) is 5.76 Å². The van der Waals surface area contributed by atoms with Gasteiger partial charge in [0.1, 0.15) is 15.9 Å². The van der Waals surface area contributed by atoms with Crippen LogP contribution in [0.4, 0.5) is 0 Å². The van der Waals surface area contributed by atoms with Gasteiger partial charge in [0.15, 0.2) is 5.58 Å². The van der Waals surface area contributed by atoms with Crippen LogP contribution in [0.5, 0.6) is 0 Å². The van der Waals surface area contributed by atoms with E-state index in [1.807, 2.05) is 18.2 Å². The van der Waals surface area contributed by atoms with E-state index in [1.165, 1.54) is 0 Å². The first kappa shape index (κ1) is 8.72. The van der Waals surface area contributed by atoms with E-state index in [-0.39, 0.29) is 0 Å². The summed E-state index contributed by atoms with van der Waals surface area (Å²) in [6, 6.07) is 5.68. The van der Waals surface area contributed by atoms with Crippen molar-refractivity contribution in [3.63, 3.8) is 0 Å². The van der Waals surface area contributed by atoms with Gasteiger partial charge in [0, 0.05) is 12.5 Å². The second kappa shape index (κ2) is 3.47. The molecular weight excluding hydrogens is 232 g/mol. The lowest BCUT2D eigenvalue weighted by Crippen LogP contribution is -2.01. The Balaban J connectivity index is 2.49. The molecule has 0 radical (unpaired) electrons. The zero-order chi connectivity index (χ0) is 9.26. The highest BCUT2D eigenvalue weighted by Crippen LogP contribution is 2.19. The molecule has 0 aliphatic rings. The van der Waals surface area contributed by atoms with Gasteiger partial charge in [0.2, 0.25) is 0 Å². The first-order valence-electron chi connectivity index (χ1n) is 4.04. The quantitative estimate of drug-likeness (QED) is 0.819. The summed E-state index contributed by atoms with van der Waals surface area (Å²) in [6.45, 7) is 0.598. The van der Waals surface area contributed by atoms with Gasteiger partial charge in [-0.05, 0) is 34.6 Å². The minimum Gasteiger partial charge on any atom is -0.459 e. The normalized spacial score (nSPS) is 10.9. The first-order valence-corrected chi connectivity index (χ1v) is 4.84. The van der Waals surface area contributed by atoms with E-state index in [9.17, 15) is 0 Å². The Morgan fingerprint density at radius 3 is 3.08 bits per heavy atom. The number of fused-ring (bicyclic) bond motifs is 1. The molecule has 2 rings (SSSR count). The van der Waals surface area contributed by atoms with E-state index < -0.39 is 0 Å². The fourth-order valence-corrected chi connectivity index (χ4v) is 1.54. The maximum atomic E-state index is 5.50. The third-order valence-electron chi connectivity index (χ3n) is 1.78. The largest absolute Gasteiger partial charge is 0.459 e. The summed E-state index contributed by atoms with van der Waals surface area (Å²) >= 11 is 3.30. The van der Waals surface area contributed by atoms with Crippen molar-refractivity contribution in [1.29, 1.82) is 0 Å². The Morgan fingerprint density at radius 1 is 1.46 bits per heavy atom. The molecule has 0 spiro atoms. The highest BCUT2D eigenvalue weighted by molar-refractivity contribution is 9.10. The van der Waals surface area contributed by atoms with Crippen LogP contribution in [-0.2, 0) is 6.42 Å². The summed E-state index contributed by atoms with van der Waals surface area (Å²) in [5, 5.41) is 0. The van der Waals surface area contributed by atoms with Crippen LogP contribution in [0.15, 0.2) is 27.2 Å². The topological polar surface area (TPSA) is 52.0 Å². The van der Waals surface area contributed by atoms with Crippen molar-refractivity contribution in [2.75, 3.05) is 6.54 Å². The van der Waals surface area contributed by atoms with Gasteiger partial charge in [-0.3, -0.25) is 0 Å². The lowest BCUT2D eigenvalue weighted by molar-refractivity contribution is 0.550. The van der Waals surface area contributed by atoms with Crippen molar-refractivity contribution in [3.05, 3.63) is 28.6 Å². The Hall–Kier alpha value is -0.870. The van der Waals surface area contributed by atoms with Crippen molar-refractivity contribution >= 4 is 27.0 Å². The van der Waals surface area contributed by atoms with Gasteiger partial charge >= 0.3 is 0 Å². The zero-order valence-corrected chi connectivity index (χ0v) is 8.54. The fourth-order valence-electron chi connectivity index (χ4n) is 1.22. The predicted molar refractivity (Wildman–Crippen MR) is 54.5 cm³/mol. The minimum atomic E-state index is 0.598. The highest BCUT2D eigenvalue weighted by atomic mass is 79.9. The molecule has 2 aromatic rings. The standard InChI is InChI=1S/C9H9BrN2O/c10-9-2-1-8-7(12-9)5-6(13-8)3-4-11/h1-2,5H,3-4,11H2. The van der Waals surface area contributed by atoms with Gasteiger partial charge in [-0.25, -0.2) is 4.98 Å². The number of hydrogen-bond acceptors (Lipinski definition) is 3. The molecule has 0 saturated heterocycles. The van der Waals surface area contributed by atoms with E-state index in [2.05, 4.69) is 20.9 Å². The molecular formula is C9H9BrN2O. The number of rotatable bonds is 2. The molecule has 0 unspecified atom stereocenters. The van der Waals surface area contributed by atoms with E-state index in [1.54, 1.807) is 0 Å². The van der Waals surface area contributed by atoms with E-state index >= 15 is 0 Å². The summed E-state index contributed by atoms with van der Waals surface area (Å²) in [5.74, 6) is 0.892. The van der Waals surface area contributed by atoms with Crippen LogP contribution < -0.4 is 5.73 Å². The summed E-state index contributed by atoms with van der Waals surface area (Å²) in [5.41, 5.74) is 7.11. The molecule has 0 amide bonds. The van der Waals surface area contributed by atoms with Gasteiger partial charge < -0.3 is 10.2 Å². The fraction of sp³-hybridized carbons (Fsp3) is 0.222. The molecule has 4 heteroatoms. The molecule has 2 heterocycles. The van der Waals surface area contributed by atoms with Crippen LogP contribution in [0.25, 0.3) is 11.1 Å². The molecule has 0 atom stereocenters. The maximum absolute atomic E-state index is 5.50. The minimum absolute atomic E-state index is 0.598. The van der Waals surface area contributed by atoms with Crippen molar-refractivity contribution in [3.8, 4) is 0 Å². The zero-order valence-electron chi connectivity index (χ0n) is 6.96. The van der Waals surface area contributed by atoms with Crippen LogP contribution in [0, 0.1) is 0 Å². The number of nitrogens with zero attached hydrogens (tertiary/aromatic N) is 1. The monoisotopic (exact) mass is 240 g/mol. The van der Waals surface area contributed by atoms with Crippen molar-refractivity contribution in [2.45, 2.75) is 6.42 Å². The predicted octanol–water partition coefficient (Wildman–Crippen LogP) is 2.09. The van der Waals surface area contributed by atoms with E-state index in [0.717, 1.165) is 27.9 Å². The van der Waals surface area contributed by atoms with Crippen LogP contribution in [0.2, 0.25) is 0 Å². The average Bonchev–Trinajstić information content (AvgIpc) is 2.46.